The fourth-order valence-electron chi connectivity index (χ4n) is 1.71. The van der Waals surface area contributed by atoms with Gasteiger partial charge >= 0.3 is 0 Å². The van der Waals surface area contributed by atoms with Gasteiger partial charge in [0.2, 0.25) is 0 Å². The predicted octanol–water partition coefficient (Wildman–Crippen LogP) is 1.87. The third-order valence-electron chi connectivity index (χ3n) is 2.99. The van der Waals surface area contributed by atoms with Gasteiger partial charge in [0.15, 0.2) is 6.10 Å². The quantitative estimate of drug-likeness (QED) is 0.789. The first kappa shape index (κ1) is 12.1. The summed E-state index contributed by atoms with van der Waals surface area (Å²) in [4.78, 5) is 11.3. The molecule has 0 aromatic heterocycles. The van der Waals surface area contributed by atoms with Crippen LogP contribution >= 0.6 is 0 Å². The van der Waals surface area contributed by atoms with Crippen molar-refractivity contribution in [2.75, 3.05) is 13.2 Å². The van der Waals surface area contributed by atoms with E-state index in [0.29, 0.717) is 19.1 Å². The van der Waals surface area contributed by atoms with Gasteiger partial charge in [-0.3, -0.25) is 4.79 Å². The van der Waals surface area contributed by atoms with Gasteiger partial charge < -0.3 is 10.1 Å². The van der Waals surface area contributed by atoms with Crippen molar-refractivity contribution in [1.82, 2.24) is 5.32 Å². The molecule has 0 bridgehead atoms. The molecule has 1 saturated heterocycles. The lowest BCUT2D eigenvalue weighted by Crippen LogP contribution is -2.29. The minimum atomic E-state index is -0.182. The lowest BCUT2D eigenvalue weighted by atomic mass is 10.0. The first-order chi connectivity index (χ1) is 8.16. The van der Waals surface area contributed by atoms with E-state index in [-0.39, 0.29) is 12.0 Å². The van der Waals surface area contributed by atoms with Crippen LogP contribution in [0.25, 0.3) is 0 Å². The molecule has 1 aromatic rings. The van der Waals surface area contributed by atoms with Gasteiger partial charge in [0.25, 0.3) is 5.91 Å². The molecule has 1 heterocycles. The van der Waals surface area contributed by atoms with Gasteiger partial charge in [0.05, 0.1) is 6.61 Å². The molecule has 1 aromatic carbocycles. The third-order valence-corrected chi connectivity index (χ3v) is 2.99. The number of epoxide rings is 1. The molecule has 0 aliphatic carbocycles. The minimum absolute atomic E-state index is 0.0174. The number of rotatable bonds is 5. The van der Waals surface area contributed by atoms with Crippen LogP contribution in [0.1, 0.15) is 30.9 Å². The summed E-state index contributed by atoms with van der Waals surface area (Å²) in [6.07, 6.45) is 0.690. The zero-order valence-corrected chi connectivity index (χ0v) is 10.4. The molecule has 1 N–H and O–H groups in total. The van der Waals surface area contributed by atoms with Crippen LogP contribution in [0.2, 0.25) is 0 Å². The monoisotopic (exact) mass is 233 g/mol. The molecule has 1 amide bonds. The third kappa shape index (κ3) is 3.56. The number of nitrogens with one attached hydrogen (secondary N) is 1. The van der Waals surface area contributed by atoms with Crippen LogP contribution in [0, 0.1) is 0 Å². The Morgan fingerprint density at radius 1 is 1.41 bits per heavy atom. The summed E-state index contributed by atoms with van der Waals surface area (Å²) in [5.74, 6) is 0.583. The molecule has 1 aliphatic heterocycles. The van der Waals surface area contributed by atoms with Crippen LogP contribution in [-0.2, 0) is 16.0 Å². The Bertz CT molecular complexity index is 380. The molecule has 0 radical (unpaired) electrons. The van der Waals surface area contributed by atoms with Crippen molar-refractivity contribution in [2.45, 2.75) is 32.3 Å². The van der Waals surface area contributed by atoms with E-state index in [2.05, 4.69) is 43.4 Å². The lowest BCUT2D eigenvalue weighted by molar-refractivity contribution is -0.122. The number of carbonyl (C=O) groups is 1. The molecule has 2 rings (SSSR count). The molecule has 0 saturated carbocycles. The number of benzene rings is 1. The SMILES string of the molecule is CC(C)c1ccc(CCNC(=O)C2CO2)cc1. The van der Waals surface area contributed by atoms with Crippen molar-refractivity contribution >= 4 is 5.91 Å². The van der Waals surface area contributed by atoms with Crippen LogP contribution in [0.15, 0.2) is 24.3 Å². The Morgan fingerprint density at radius 3 is 2.59 bits per heavy atom. The summed E-state index contributed by atoms with van der Waals surface area (Å²) in [6, 6.07) is 8.59. The van der Waals surface area contributed by atoms with E-state index in [1.807, 2.05) is 0 Å². The second-order valence-corrected chi connectivity index (χ2v) is 4.76. The summed E-state index contributed by atoms with van der Waals surface area (Å²) in [5.41, 5.74) is 2.61. The average molecular weight is 233 g/mol. The highest BCUT2D eigenvalue weighted by atomic mass is 16.6. The topological polar surface area (TPSA) is 41.6 Å². The van der Waals surface area contributed by atoms with E-state index in [4.69, 9.17) is 4.74 Å². The molecular formula is C14H19NO2. The molecule has 3 nitrogen and oxygen atoms in total. The second-order valence-electron chi connectivity index (χ2n) is 4.76. The Balaban J connectivity index is 1.76. The van der Waals surface area contributed by atoms with Crippen molar-refractivity contribution in [2.24, 2.45) is 0 Å². The highest BCUT2D eigenvalue weighted by molar-refractivity contribution is 5.82. The van der Waals surface area contributed by atoms with E-state index in [0.717, 1.165) is 6.42 Å². The van der Waals surface area contributed by atoms with Gasteiger partial charge in [0, 0.05) is 6.54 Å². The molecule has 1 atom stereocenters. The van der Waals surface area contributed by atoms with E-state index in [1.54, 1.807) is 0 Å². The van der Waals surface area contributed by atoms with Crippen molar-refractivity contribution in [1.29, 1.82) is 0 Å². The Hall–Kier alpha value is -1.35. The molecule has 17 heavy (non-hydrogen) atoms. The first-order valence-corrected chi connectivity index (χ1v) is 6.15. The van der Waals surface area contributed by atoms with Gasteiger partial charge in [-0.25, -0.2) is 0 Å². The van der Waals surface area contributed by atoms with Crippen molar-refractivity contribution in [3.05, 3.63) is 35.4 Å². The van der Waals surface area contributed by atoms with Crippen LogP contribution < -0.4 is 5.32 Å². The minimum Gasteiger partial charge on any atom is -0.363 e. The Kier molecular flexibility index (Phi) is 3.79. The van der Waals surface area contributed by atoms with Gasteiger partial charge in [0.1, 0.15) is 0 Å². The highest BCUT2D eigenvalue weighted by Crippen LogP contribution is 2.14. The van der Waals surface area contributed by atoms with E-state index in [1.165, 1.54) is 11.1 Å². The molecular weight excluding hydrogens is 214 g/mol. The number of carbonyl (C=O) groups excluding carboxylic acids is 1. The summed E-state index contributed by atoms with van der Waals surface area (Å²) in [7, 11) is 0. The normalized spacial score (nSPS) is 18.2. The zero-order valence-electron chi connectivity index (χ0n) is 10.4. The molecule has 0 spiro atoms. The van der Waals surface area contributed by atoms with E-state index in [9.17, 15) is 4.79 Å². The number of hydrogen-bond donors (Lipinski definition) is 1. The average Bonchev–Trinajstić information content (AvgIpc) is 3.13. The smallest absolute Gasteiger partial charge is 0.251 e. The first-order valence-electron chi connectivity index (χ1n) is 6.15. The predicted molar refractivity (Wildman–Crippen MR) is 67.0 cm³/mol. The van der Waals surface area contributed by atoms with Crippen molar-refractivity contribution < 1.29 is 9.53 Å². The molecule has 3 heteroatoms. The molecule has 1 aliphatic rings. The van der Waals surface area contributed by atoms with Gasteiger partial charge in [-0.15, -0.1) is 0 Å². The van der Waals surface area contributed by atoms with Crippen LogP contribution in [-0.4, -0.2) is 25.2 Å². The number of ether oxygens (including phenoxy) is 1. The molecule has 1 fully saturated rings. The molecule has 1 unspecified atom stereocenters. The van der Waals surface area contributed by atoms with Gasteiger partial charge in [-0.05, 0) is 23.5 Å². The maximum atomic E-state index is 11.3. The van der Waals surface area contributed by atoms with Crippen LogP contribution in [0.5, 0.6) is 0 Å². The second kappa shape index (κ2) is 5.32. The lowest BCUT2D eigenvalue weighted by Gasteiger charge is -2.07. The summed E-state index contributed by atoms with van der Waals surface area (Å²) in [5, 5.41) is 2.87. The van der Waals surface area contributed by atoms with Gasteiger partial charge in [-0.2, -0.15) is 0 Å². The maximum Gasteiger partial charge on any atom is 0.251 e. The fourth-order valence-corrected chi connectivity index (χ4v) is 1.71. The highest BCUT2D eigenvalue weighted by Gasteiger charge is 2.30. The molecule has 92 valence electrons. The number of amides is 1. The van der Waals surface area contributed by atoms with Gasteiger partial charge in [-0.1, -0.05) is 38.1 Å². The summed E-state index contributed by atoms with van der Waals surface area (Å²) >= 11 is 0. The van der Waals surface area contributed by atoms with Crippen molar-refractivity contribution in [3.63, 3.8) is 0 Å². The standard InChI is InChI=1S/C14H19NO2/c1-10(2)12-5-3-11(4-6-12)7-8-15-14(16)13-9-17-13/h3-6,10,13H,7-9H2,1-2H3,(H,15,16). The van der Waals surface area contributed by atoms with E-state index < -0.39 is 0 Å². The fraction of sp³-hybridized carbons (Fsp3) is 0.500. The van der Waals surface area contributed by atoms with Crippen molar-refractivity contribution in [3.8, 4) is 0 Å². The summed E-state index contributed by atoms with van der Waals surface area (Å²) < 4.78 is 4.90. The Morgan fingerprint density at radius 2 is 2.06 bits per heavy atom. The Labute approximate surface area is 102 Å². The summed E-state index contributed by atoms with van der Waals surface area (Å²) in [6.45, 7) is 5.63. The van der Waals surface area contributed by atoms with E-state index >= 15 is 0 Å². The number of hydrogen-bond acceptors (Lipinski definition) is 2. The zero-order chi connectivity index (χ0) is 12.3. The van der Waals surface area contributed by atoms with Crippen LogP contribution in [0.4, 0.5) is 0 Å². The largest absolute Gasteiger partial charge is 0.363 e. The van der Waals surface area contributed by atoms with Crippen LogP contribution in [0.3, 0.4) is 0 Å². The maximum absolute atomic E-state index is 11.3.